The fourth-order valence-corrected chi connectivity index (χ4v) is 1.36. The maximum atomic E-state index is 10.9. The van der Waals surface area contributed by atoms with Crippen molar-refractivity contribution < 1.29 is 14.6 Å². The third-order valence-electron chi connectivity index (χ3n) is 2.12. The summed E-state index contributed by atoms with van der Waals surface area (Å²) in [7, 11) is 0. The monoisotopic (exact) mass is 226 g/mol. The van der Waals surface area contributed by atoms with Gasteiger partial charge in [-0.3, -0.25) is 0 Å². The lowest BCUT2D eigenvalue weighted by molar-refractivity contribution is -0.00725. The molecule has 0 saturated carbocycles. The van der Waals surface area contributed by atoms with Gasteiger partial charge >= 0.3 is 5.97 Å². The van der Waals surface area contributed by atoms with Gasteiger partial charge in [-0.05, 0) is 27.7 Å². The largest absolute Gasteiger partial charge is 0.477 e. The summed E-state index contributed by atoms with van der Waals surface area (Å²) < 4.78 is 7.20. The predicted molar refractivity (Wildman–Crippen MR) is 59.6 cm³/mol. The van der Waals surface area contributed by atoms with Gasteiger partial charge in [-0.2, -0.15) is 0 Å². The van der Waals surface area contributed by atoms with Gasteiger partial charge in [0.05, 0.1) is 18.4 Å². The molecule has 1 aromatic rings. The molecule has 0 atom stereocenters. The van der Waals surface area contributed by atoms with Crippen LogP contribution < -0.4 is 0 Å². The second kappa shape index (κ2) is 4.65. The molecule has 5 heteroatoms. The highest BCUT2D eigenvalue weighted by atomic mass is 16.5. The average Bonchev–Trinajstić information content (AvgIpc) is 2.46. The first kappa shape index (κ1) is 12.7. The maximum absolute atomic E-state index is 10.9. The molecule has 1 rings (SSSR count). The highest BCUT2D eigenvalue weighted by molar-refractivity contribution is 5.85. The number of aromatic carboxylic acids is 1. The number of ether oxygens (including phenoxy) is 1. The second-order valence-corrected chi connectivity index (χ2v) is 4.61. The number of carbonyl (C=O) groups is 1. The first-order valence-corrected chi connectivity index (χ1v) is 5.20. The van der Waals surface area contributed by atoms with Crippen LogP contribution >= 0.6 is 0 Å². The first-order chi connectivity index (χ1) is 7.31. The van der Waals surface area contributed by atoms with Crippen molar-refractivity contribution in [2.75, 3.05) is 6.61 Å². The summed E-state index contributed by atoms with van der Waals surface area (Å²) in [6, 6.07) is 0. The van der Waals surface area contributed by atoms with Crippen LogP contribution in [0.3, 0.4) is 0 Å². The van der Waals surface area contributed by atoms with Gasteiger partial charge in [0.1, 0.15) is 11.5 Å². The van der Waals surface area contributed by atoms with Crippen molar-refractivity contribution >= 4 is 5.97 Å². The van der Waals surface area contributed by atoms with E-state index in [9.17, 15) is 4.79 Å². The Labute approximate surface area is 95.1 Å². The van der Waals surface area contributed by atoms with Crippen LogP contribution in [-0.4, -0.2) is 32.8 Å². The van der Waals surface area contributed by atoms with E-state index in [0.29, 0.717) is 19.0 Å². The van der Waals surface area contributed by atoms with E-state index in [1.165, 1.54) is 6.20 Å². The molecule has 0 spiro atoms. The molecule has 0 unspecified atom stereocenters. The number of rotatable bonds is 4. The molecule has 0 aliphatic rings. The number of nitrogens with zero attached hydrogens (tertiary/aromatic N) is 2. The lowest BCUT2D eigenvalue weighted by Gasteiger charge is -2.20. The van der Waals surface area contributed by atoms with E-state index in [1.807, 2.05) is 20.8 Å². The summed E-state index contributed by atoms with van der Waals surface area (Å²) in [6.45, 7) is 8.65. The molecule has 0 radical (unpaired) electrons. The summed E-state index contributed by atoms with van der Waals surface area (Å²) in [6.07, 6.45) is 1.37. The molecule has 0 amide bonds. The van der Waals surface area contributed by atoms with Crippen LogP contribution in [0.25, 0.3) is 0 Å². The topological polar surface area (TPSA) is 64.3 Å². The first-order valence-electron chi connectivity index (χ1n) is 5.20. The van der Waals surface area contributed by atoms with E-state index in [4.69, 9.17) is 9.84 Å². The van der Waals surface area contributed by atoms with Gasteiger partial charge in [0.15, 0.2) is 0 Å². The number of carboxylic acid groups (broad SMARTS) is 1. The summed E-state index contributed by atoms with van der Waals surface area (Å²) in [5.41, 5.74) is -0.00673. The molecule has 1 heterocycles. The molecule has 0 bridgehead atoms. The lowest BCUT2D eigenvalue weighted by atomic mass is 10.2. The molecule has 0 fully saturated rings. The Morgan fingerprint density at radius 3 is 2.69 bits per heavy atom. The highest BCUT2D eigenvalue weighted by Crippen LogP contribution is 2.09. The van der Waals surface area contributed by atoms with E-state index < -0.39 is 5.97 Å². The smallest absolute Gasteiger partial charge is 0.354 e. The maximum Gasteiger partial charge on any atom is 0.354 e. The van der Waals surface area contributed by atoms with Gasteiger partial charge in [0.2, 0.25) is 0 Å². The number of aryl methyl sites for hydroxylation is 1. The Morgan fingerprint density at radius 2 is 2.19 bits per heavy atom. The standard InChI is InChI=1S/C11H18N2O3/c1-8-12-7-9(10(14)15)13(8)5-6-16-11(2,3)4/h7H,5-6H2,1-4H3,(H,14,15). The molecular weight excluding hydrogens is 208 g/mol. The van der Waals surface area contributed by atoms with Crippen LogP contribution in [0.1, 0.15) is 37.1 Å². The van der Waals surface area contributed by atoms with Crippen LogP contribution in [0, 0.1) is 6.92 Å². The fraction of sp³-hybridized carbons (Fsp3) is 0.636. The van der Waals surface area contributed by atoms with Crippen LogP contribution in [0.4, 0.5) is 0 Å². The predicted octanol–water partition coefficient (Wildman–Crippen LogP) is 1.70. The van der Waals surface area contributed by atoms with E-state index in [-0.39, 0.29) is 11.3 Å². The average molecular weight is 226 g/mol. The molecule has 1 N–H and O–H groups in total. The van der Waals surface area contributed by atoms with Crippen LogP contribution in [0.5, 0.6) is 0 Å². The van der Waals surface area contributed by atoms with E-state index in [1.54, 1.807) is 11.5 Å². The van der Waals surface area contributed by atoms with Crippen molar-refractivity contribution in [3.8, 4) is 0 Å². The fourth-order valence-electron chi connectivity index (χ4n) is 1.36. The number of carboxylic acids is 1. The van der Waals surface area contributed by atoms with Crippen molar-refractivity contribution in [1.82, 2.24) is 9.55 Å². The van der Waals surface area contributed by atoms with Gasteiger partial charge in [-0.25, -0.2) is 9.78 Å². The molecule has 5 nitrogen and oxygen atoms in total. The SMILES string of the molecule is Cc1ncc(C(=O)O)n1CCOC(C)(C)C. The summed E-state index contributed by atoms with van der Waals surface area (Å²) in [5, 5.41) is 8.94. The van der Waals surface area contributed by atoms with Gasteiger partial charge < -0.3 is 14.4 Å². The Hall–Kier alpha value is -1.36. The third kappa shape index (κ3) is 3.34. The number of hydrogen-bond acceptors (Lipinski definition) is 3. The van der Waals surface area contributed by atoms with E-state index in [2.05, 4.69) is 4.98 Å². The summed E-state index contributed by atoms with van der Waals surface area (Å²) in [4.78, 5) is 14.9. The minimum absolute atomic E-state index is 0.204. The van der Waals surface area contributed by atoms with Crippen LogP contribution in [0.2, 0.25) is 0 Å². The Balaban J connectivity index is 2.66. The Morgan fingerprint density at radius 1 is 1.56 bits per heavy atom. The normalized spacial score (nSPS) is 11.8. The molecular formula is C11H18N2O3. The quantitative estimate of drug-likeness (QED) is 0.848. The molecule has 90 valence electrons. The molecule has 0 saturated heterocycles. The Kier molecular flexibility index (Phi) is 3.70. The van der Waals surface area contributed by atoms with E-state index >= 15 is 0 Å². The zero-order valence-electron chi connectivity index (χ0n) is 10.1. The summed E-state index contributed by atoms with van der Waals surface area (Å²) in [5.74, 6) is -0.272. The minimum atomic E-state index is -0.962. The van der Waals surface area contributed by atoms with Crippen molar-refractivity contribution in [3.05, 3.63) is 17.7 Å². The number of hydrogen-bond donors (Lipinski definition) is 1. The van der Waals surface area contributed by atoms with Crippen molar-refractivity contribution in [2.45, 2.75) is 39.8 Å². The zero-order chi connectivity index (χ0) is 12.3. The molecule has 1 aromatic heterocycles. The van der Waals surface area contributed by atoms with Crippen molar-refractivity contribution in [1.29, 1.82) is 0 Å². The molecule has 0 aromatic carbocycles. The number of aromatic nitrogens is 2. The van der Waals surface area contributed by atoms with Gasteiger partial charge in [0.25, 0.3) is 0 Å². The van der Waals surface area contributed by atoms with Gasteiger partial charge in [-0.15, -0.1) is 0 Å². The van der Waals surface area contributed by atoms with Crippen LogP contribution in [-0.2, 0) is 11.3 Å². The third-order valence-corrected chi connectivity index (χ3v) is 2.12. The van der Waals surface area contributed by atoms with Crippen LogP contribution in [0.15, 0.2) is 6.20 Å². The van der Waals surface area contributed by atoms with Crippen molar-refractivity contribution in [3.63, 3.8) is 0 Å². The summed E-state index contributed by atoms with van der Waals surface area (Å²) >= 11 is 0. The molecule has 0 aliphatic heterocycles. The van der Waals surface area contributed by atoms with E-state index in [0.717, 1.165) is 0 Å². The minimum Gasteiger partial charge on any atom is -0.477 e. The lowest BCUT2D eigenvalue weighted by Crippen LogP contribution is -2.23. The van der Waals surface area contributed by atoms with Gasteiger partial charge in [-0.1, -0.05) is 0 Å². The molecule has 16 heavy (non-hydrogen) atoms. The Bertz CT molecular complexity index is 377. The van der Waals surface area contributed by atoms with Crippen molar-refractivity contribution in [2.24, 2.45) is 0 Å². The van der Waals surface area contributed by atoms with Gasteiger partial charge in [0, 0.05) is 6.54 Å². The highest BCUT2D eigenvalue weighted by Gasteiger charge is 2.14. The zero-order valence-corrected chi connectivity index (χ0v) is 10.1. The molecule has 0 aliphatic carbocycles. The second-order valence-electron chi connectivity index (χ2n) is 4.61. The number of imidazole rings is 1.